The van der Waals surface area contributed by atoms with Gasteiger partial charge < -0.3 is 14.6 Å². The first-order valence-corrected chi connectivity index (χ1v) is 9.23. The minimum absolute atomic E-state index is 0.0111. The van der Waals surface area contributed by atoms with Gasteiger partial charge in [-0.05, 0) is 31.2 Å². The predicted octanol–water partition coefficient (Wildman–Crippen LogP) is 1.83. The molecule has 3 amide bonds. The Balaban J connectivity index is 1.41. The van der Waals surface area contributed by atoms with Gasteiger partial charge >= 0.3 is 0 Å². The highest BCUT2D eigenvalue weighted by Gasteiger charge is 2.17. The zero-order chi connectivity index (χ0) is 22.2. The van der Waals surface area contributed by atoms with Gasteiger partial charge in [0.25, 0.3) is 17.7 Å². The molecule has 0 bridgehead atoms. The highest BCUT2D eigenvalue weighted by Crippen LogP contribution is 2.19. The minimum atomic E-state index is -0.952. The van der Waals surface area contributed by atoms with Gasteiger partial charge in [-0.1, -0.05) is 35.5 Å². The van der Waals surface area contributed by atoms with Gasteiger partial charge in [-0.3, -0.25) is 25.2 Å². The summed E-state index contributed by atoms with van der Waals surface area (Å²) in [6.07, 6.45) is -0.952. The fraction of sp³-hybridized carbons (Fsp3) is 0.143. The molecule has 0 fully saturated rings. The second-order valence-electron chi connectivity index (χ2n) is 6.38. The van der Waals surface area contributed by atoms with Crippen molar-refractivity contribution in [3.63, 3.8) is 0 Å². The number of amides is 3. The fourth-order valence-electron chi connectivity index (χ4n) is 2.42. The van der Waals surface area contributed by atoms with Crippen molar-refractivity contribution in [3.05, 3.63) is 72.2 Å². The summed E-state index contributed by atoms with van der Waals surface area (Å²) < 4.78 is 23.4. The first-order valence-electron chi connectivity index (χ1n) is 9.23. The summed E-state index contributed by atoms with van der Waals surface area (Å²) in [5, 5.41) is 6.05. The van der Waals surface area contributed by atoms with E-state index < -0.39 is 36.2 Å². The third-order valence-corrected chi connectivity index (χ3v) is 4.03. The summed E-state index contributed by atoms with van der Waals surface area (Å²) in [5.41, 5.74) is 5.11. The molecule has 0 radical (unpaired) electrons. The van der Waals surface area contributed by atoms with Crippen LogP contribution in [0.2, 0.25) is 0 Å². The maximum Gasteiger partial charge on any atom is 0.279 e. The van der Waals surface area contributed by atoms with Crippen LogP contribution in [0.15, 0.2) is 65.2 Å². The Morgan fingerprint density at radius 2 is 1.77 bits per heavy atom. The van der Waals surface area contributed by atoms with E-state index in [0.717, 1.165) is 5.56 Å². The predicted molar refractivity (Wildman–Crippen MR) is 107 cm³/mol. The van der Waals surface area contributed by atoms with Crippen molar-refractivity contribution < 1.29 is 28.0 Å². The van der Waals surface area contributed by atoms with Crippen molar-refractivity contribution >= 4 is 17.7 Å². The van der Waals surface area contributed by atoms with Crippen LogP contribution >= 0.6 is 0 Å². The van der Waals surface area contributed by atoms with Gasteiger partial charge in [0, 0.05) is 11.6 Å². The molecule has 0 spiro atoms. The van der Waals surface area contributed by atoms with E-state index in [1.165, 1.54) is 37.3 Å². The van der Waals surface area contributed by atoms with Crippen LogP contribution in [-0.2, 0) is 9.59 Å². The number of aromatic nitrogens is 1. The van der Waals surface area contributed by atoms with E-state index in [-0.39, 0.29) is 5.69 Å². The maximum atomic E-state index is 12.9. The van der Waals surface area contributed by atoms with E-state index in [0.29, 0.717) is 11.5 Å². The highest BCUT2D eigenvalue weighted by molar-refractivity contribution is 5.95. The standard InChI is InChI=1S/C21H19FN4O5/c1-13(30-16-9-7-15(22)8-10-16)20(28)25-24-19(27)12-23-21(29)17-11-18(31-26-17)14-5-3-2-4-6-14/h2-11,13H,12H2,1H3,(H,23,29)(H,24,27)(H,25,28). The molecule has 31 heavy (non-hydrogen) atoms. The number of carbonyl (C=O) groups is 3. The summed E-state index contributed by atoms with van der Waals surface area (Å²) in [7, 11) is 0. The molecule has 0 aliphatic carbocycles. The average molecular weight is 426 g/mol. The van der Waals surface area contributed by atoms with Crippen LogP contribution in [0.1, 0.15) is 17.4 Å². The lowest BCUT2D eigenvalue weighted by atomic mass is 10.1. The number of nitrogens with one attached hydrogen (secondary N) is 3. The lowest BCUT2D eigenvalue weighted by Gasteiger charge is -2.15. The Bertz CT molecular complexity index is 1050. The first-order chi connectivity index (χ1) is 14.9. The van der Waals surface area contributed by atoms with Gasteiger partial charge in [-0.2, -0.15) is 0 Å². The summed E-state index contributed by atoms with van der Waals surface area (Å²) in [4.78, 5) is 36.0. The van der Waals surface area contributed by atoms with Crippen molar-refractivity contribution in [2.24, 2.45) is 0 Å². The van der Waals surface area contributed by atoms with Gasteiger partial charge in [0.05, 0.1) is 6.54 Å². The van der Waals surface area contributed by atoms with Crippen molar-refractivity contribution in [3.8, 4) is 17.1 Å². The number of nitrogens with zero attached hydrogens (tertiary/aromatic N) is 1. The molecule has 0 aliphatic heterocycles. The van der Waals surface area contributed by atoms with Crippen LogP contribution in [0.5, 0.6) is 5.75 Å². The van der Waals surface area contributed by atoms with E-state index >= 15 is 0 Å². The van der Waals surface area contributed by atoms with Crippen LogP contribution in [0, 0.1) is 5.82 Å². The number of rotatable bonds is 7. The van der Waals surface area contributed by atoms with E-state index in [1.54, 1.807) is 12.1 Å². The largest absolute Gasteiger partial charge is 0.481 e. The third kappa shape index (κ3) is 6.13. The Labute approximate surface area is 176 Å². The van der Waals surface area contributed by atoms with Gasteiger partial charge in [0.2, 0.25) is 0 Å². The molecule has 9 nitrogen and oxygen atoms in total. The topological polar surface area (TPSA) is 123 Å². The number of hydrogen-bond acceptors (Lipinski definition) is 6. The molecule has 1 aromatic heterocycles. The Kier molecular flexibility index (Phi) is 6.94. The smallest absolute Gasteiger partial charge is 0.279 e. The maximum absolute atomic E-state index is 12.9. The summed E-state index contributed by atoms with van der Waals surface area (Å²) >= 11 is 0. The molecule has 3 aromatic rings. The number of hydrazine groups is 1. The van der Waals surface area contributed by atoms with Crippen molar-refractivity contribution in [2.75, 3.05) is 6.54 Å². The molecule has 1 atom stereocenters. The number of ether oxygens (including phenoxy) is 1. The Morgan fingerprint density at radius 1 is 1.06 bits per heavy atom. The number of benzene rings is 2. The molecule has 0 aliphatic rings. The van der Waals surface area contributed by atoms with Gasteiger partial charge in [0.15, 0.2) is 17.6 Å². The SMILES string of the molecule is CC(Oc1ccc(F)cc1)C(=O)NNC(=O)CNC(=O)c1cc(-c2ccccc2)on1. The number of carbonyl (C=O) groups excluding carboxylic acids is 3. The van der Waals surface area contributed by atoms with Gasteiger partial charge in [0.1, 0.15) is 11.6 Å². The zero-order valence-corrected chi connectivity index (χ0v) is 16.4. The number of halogens is 1. The molecule has 1 unspecified atom stereocenters. The monoisotopic (exact) mass is 426 g/mol. The Hall–Kier alpha value is -4.21. The third-order valence-electron chi connectivity index (χ3n) is 4.03. The van der Waals surface area contributed by atoms with E-state index in [9.17, 15) is 18.8 Å². The van der Waals surface area contributed by atoms with E-state index in [1.807, 2.05) is 18.2 Å². The fourth-order valence-corrected chi connectivity index (χ4v) is 2.42. The molecule has 0 saturated heterocycles. The van der Waals surface area contributed by atoms with Gasteiger partial charge in [-0.15, -0.1) is 0 Å². The second-order valence-corrected chi connectivity index (χ2v) is 6.38. The molecule has 3 N–H and O–H groups in total. The van der Waals surface area contributed by atoms with Gasteiger partial charge in [-0.25, -0.2) is 4.39 Å². The highest BCUT2D eigenvalue weighted by atomic mass is 19.1. The van der Waals surface area contributed by atoms with Crippen LogP contribution in [-0.4, -0.2) is 35.5 Å². The van der Waals surface area contributed by atoms with E-state index in [2.05, 4.69) is 21.3 Å². The molecule has 0 saturated carbocycles. The molecular weight excluding hydrogens is 407 g/mol. The molecule has 10 heteroatoms. The summed E-state index contributed by atoms with van der Waals surface area (Å²) in [6.45, 7) is 1.06. The van der Waals surface area contributed by atoms with Crippen LogP contribution < -0.4 is 20.9 Å². The van der Waals surface area contributed by atoms with Crippen molar-refractivity contribution in [1.29, 1.82) is 0 Å². The number of hydrogen-bond donors (Lipinski definition) is 3. The van der Waals surface area contributed by atoms with Crippen LogP contribution in [0.3, 0.4) is 0 Å². The quantitative estimate of drug-likeness (QED) is 0.496. The average Bonchev–Trinajstić information content (AvgIpc) is 3.28. The summed E-state index contributed by atoms with van der Waals surface area (Å²) in [6, 6.07) is 15.7. The molecule has 2 aromatic carbocycles. The van der Waals surface area contributed by atoms with E-state index in [4.69, 9.17) is 9.26 Å². The first kappa shape index (κ1) is 21.5. The molecule has 1 heterocycles. The van der Waals surface area contributed by atoms with Crippen LogP contribution in [0.25, 0.3) is 11.3 Å². The lowest BCUT2D eigenvalue weighted by molar-refractivity contribution is -0.132. The normalized spacial score (nSPS) is 11.3. The lowest BCUT2D eigenvalue weighted by Crippen LogP contribution is -2.50. The minimum Gasteiger partial charge on any atom is -0.481 e. The Morgan fingerprint density at radius 3 is 2.48 bits per heavy atom. The zero-order valence-electron chi connectivity index (χ0n) is 16.4. The van der Waals surface area contributed by atoms with Crippen LogP contribution in [0.4, 0.5) is 4.39 Å². The summed E-state index contributed by atoms with van der Waals surface area (Å²) in [5.74, 6) is -1.63. The molecule has 3 rings (SSSR count). The van der Waals surface area contributed by atoms with Crippen molar-refractivity contribution in [1.82, 2.24) is 21.3 Å². The molecular formula is C21H19FN4O5. The molecule has 160 valence electrons. The second kappa shape index (κ2) is 10.0. The van der Waals surface area contributed by atoms with Crippen molar-refractivity contribution in [2.45, 2.75) is 13.0 Å².